The fourth-order valence-electron chi connectivity index (χ4n) is 2.32. The molecule has 0 fully saturated rings. The summed E-state index contributed by atoms with van der Waals surface area (Å²) >= 11 is 0. The van der Waals surface area contributed by atoms with Gasteiger partial charge in [0.15, 0.2) is 0 Å². The molecule has 0 amide bonds. The van der Waals surface area contributed by atoms with Crippen molar-refractivity contribution in [1.82, 2.24) is 0 Å². The van der Waals surface area contributed by atoms with E-state index in [4.69, 9.17) is 14.6 Å². The second kappa shape index (κ2) is 6.28. The van der Waals surface area contributed by atoms with E-state index < -0.39 is 5.97 Å². The summed E-state index contributed by atoms with van der Waals surface area (Å²) in [6, 6.07) is 9.75. The lowest BCUT2D eigenvalue weighted by atomic mass is 9.99. The van der Waals surface area contributed by atoms with Gasteiger partial charge in [-0.3, -0.25) is 4.79 Å². The Kier molecular flexibility index (Phi) is 4.45. The Morgan fingerprint density at radius 3 is 2.55 bits per heavy atom. The number of carboxylic acid groups (broad SMARTS) is 1. The fraction of sp³-hybridized carbons (Fsp3) is 0.312. The average molecular weight is 274 g/mol. The second-order valence-electron chi connectivity index (χ2n) is 4.59. The minimum Gasteiger partial charge on any atom is -0.497 e. The molecule has 4 nitrogen and oxygen atoms in total. The number of benzene rings is 2. The van der Waals surface area contributed by atoms with Crippen molar-refractivity contribution in [3.8, 4) is 11.5 Å². The molecule has 0 atom stereocenters. The minimum atomic E-state index is -0.760. The van der Waals surface area contributed by atoms with Crippen LogP contribution in [0.3, 0.4) is 0 Å². The first-order valence-corrected chi connectivity index (χ1v) is 6.51. The lowest BCUT2D eigenvalue weighted by Gasteiger charge is -2.11. The molecule has 0 aliphatic rings. The number of aliphatic carboxylic acids is 1. The van der Waals surface area contributed by atoms with Crippen molar-refractivity contribution in [3.05, 3.63) is 35.9 Å². The normalized spacial score (nSPS) is 10.5. The van der Waals surface area contributed by atoms with Crippen LogP contribution in [0, 0.1) is 0 Å². The molecule has 0 unspecified atom stereocenters. The number of hydrogen-bond acceptors (Lipinski definition) is 3. The third kappa shape index (κ3) is 3.02. The Morgan fingerprint density at radius 2 is 1.90 bits per heavy atom. The predicted octanol–water partition coefficient (Wildman–Crippen LogP) is 3.26. The van der Waals surface area contributed by atoms with E-state index in [0.29, 0.717) is 6.42 Å². The highest BCUT2D eigenvalue weighted by atomic mass is 16.5. The van der Waals surface area contributed by atoms with E-state index in [2.05, 4.69) is 0 Å². The number of carboxylic acids is 1. The van der Waals surface area contributed by atoms with Crippen molar-refractivity contribution >= 4 is 16.7 Å². The SMILES string of the molecule is COc1ccc2c(CCCC(=O)O)ccc(OC)c2c1. The maximum atomic E-state index is 10.6. The van der Waals surface area contributed by atoms with E-state index in [9.17, 15) is 4.79 Å². The summed E-state index contributed by atoms with van der Waals surface area (Å²) in [6.45, 7) is 0. The summed E-state index contributed by atoms with van der Waals surface area (Å²) in [5, 5.41) is 10.8. The first kappa shape index (κ1) is 14.2. The predicted molar refractivity (Wildman–Crippen MR) is 77.6 cm³/mol. The fourth-order valence-corrected chi connectivity index (χ4v) is 2.32. The molecular formula is C16H18O4. The first-order chi connectivity index (χ1) is 9.65. The molecule has 1 N–H and O–H groups in total. The zero-order chi connectivity index (χ0) is 14.5. The standard InChI is InChI=1S/C16H18O4/c1-19-12-7-8-13-11(4-3-5-16(17)18)6-9-15(20-2)14(13)10-12/h6-10H,3-5H2,1-2H3,(H,17,18). The van der Waals surface area contributed by atoms with Crippen molar-refractivity contribution in [3.63, 3.8) is 0 Å². The molecule has 0 saturated carbocycles. The van der Waals surface area contributed by atoms with Crippen LogP contribution in [-0.4, -0.2) is 25.3 Å². The van der Waals surface area contributed by atoms with E-state index in [1.54, 1.807) is 14.2 Å². The Morgan fingerprint density at radius 1 is 1.10 bits per heavy atom. The molecule has 2 rings (SSSR count). The molecule has 106 valence electrons. The summed E-state index contributed by atoms with van der Waals surface area (Å²) < 4.78 is 10.6. The summed E-state index contributed by atoms with van der Waals surface area (Å²) in [5.74, 6) is 0.809. The molecule has 4 heteroatoms. The van der Waals surface area contributed by atoms with Gasteiger partial charge in [0.2, 0.25) is 0 Å². The van der Waals surface area contributed by atoms with Gasteiger partial charge in [-0.25, -0.2) is 0 Å². The van der Waals surface area contributed by atoms with Gasteiger partial charge >= 0.3 is 5.97 Å². The van der Waals surface area contributed by atoms with Crippen LogP contribution in [0.15, 0.2) is 30.3 Å². The number of fused-ring (bicyclic) bond motifs is 1. The molecule has 0 aliphatic heterocycles. The maximum absolute atomic E-state index is 10.6. The summed E-state index contributed by atoms with van der Waals surface area (Å²) in [7, 11) is 3.27. The van der Waals surface area contributed by atoms with Gasteiger partial charge in [0, 0.05) is 11.8 Å². The van der Waals surface area contributed by atoms with Gasteiger partial charge in [0.1, 0.15) is 11.5 Å². The Hall–Kier alpha value is -2.23. The van der Waals surface area contributed by atoms with Gasteiger partial charge in [-0.2, -0.15) is 0 Å². The smallest absolute Gasteiger partial charge is 0.303 e. The third-order valence-corrected chi connectivity index (χ3v) is 3.33. The van der Waals surface area contributed by atoms with Gasteiger partial charge in [-0.05, 0) is 42.0 Å². The van der Waals surface area contributed by atoms with Gasteiger partial charge in [-0.1, -0.05) is 12.1 Å². The molecule has 0 heterocycles. The second-order valence-corrected chi connectivity index (χ2v) is 4.59. The van der Waals surface area contributed by atoms with Gasteiger partial charge in [0.05, 0.1) is 14.2 Å². The van der Waals surface area contributed by atoms with Crippen molar-refractivity contribution in [2.24, 2.45) is 0 Å². The number of rotatable bonds is 6. The summed E-state index contributed by atoms with van der Waals surface area (Å²) in [5.41, 5.74) is 1.13. The highest BCUT2D eigenvalue weighted by molar-refractivity contribution is 5.92. The summed E-state index contributed by atoms with van der Waals surface area (Å²) in [4.78, 5) is 10.6. The molecule has 0 aromatic heterocycles. The van der Waals surface area contributed by atoms with Crippen LogP contribution >= 0.6 is 0 Å². The van der Waals surface area contributed by atoms with E-state index in [1.165, 1.54) is 0 Å². The lowest BCUT2D eigenvalue weighted by Crippen LogP contribution is -1.97. The Labute approximate surface area is 117 Å². The Bertz CT molecular complexity index is 619. The van der Waals surface area contributed by atoms with E-state index in [0.717, 1.165) is 34.3 Å². The van der Waals surface area contributed by atoms with Gasteiger partial charge < -0.3 is 14.6 Å². The maximum Gasteiger partial charge on any atom is 0.303 e. The van der Waals surface area contributed by atoms with Crippen LogP contribution in [0.2, 0.25) is 0 Å². The molecule has 2 aromatic carbocycles. The van der Waals surface area contributed by atoms with Crippen molar-refractivity contribution in [2.45, 2.75) is 19.3 Å². The van der Waals surface area contributed by atoms with Gasteiger partial charge in [-0.15, -0.1) is 0 Å². The monoisotopic (exact) mass is 274 g/mol. The van der Waals surface area contributed by atoms with Crippen LogP contribution in [-0.2, 0) is 11.2 Å². The largest absolute Gasteiger partial charge is 0.497 e. The number of ether oxygens (including phenoxy) is 2. The molecule has 20 heavy (non-hydrogen) atoms. The van der Waals surface area contributed by atoms with Crippen LogP contribution in [0.5, 0.6) is 11.5 Å². The van der Waals surface area contributed by atoms with Crippen LogP contribution in [0.1, 0.15) is 18.4 Å². The van der Waals surface area contributed by atoms with E-state index in [-0.39, 0.29) is 6.42 Å². The van der Waals surface area contributed by atoms with Gasteiger partial charge in [0.25, 0.3) is 0 Å². The summed E-state index contributed by atoms with van der Waals surface area (Å²) in [6.07, 6.45) is 1.55. The highest BCUT2D eigenvalue weighted by Gasteiger charge is 2.08. The quantitative estimate of drug-likeness (QED) is 0.878. The van der Waals surface area contributed by atoms with E-state index in [1.807, 2.05) is 30.3 Å². The zero-order valence-corrected chi connectivity index (χ0v) is 11.7. The van der Waals surface area contributed by atoms with Crippen molar-refractivity contribution < 1.29 is 19.4 Å². The van der Waals surface area contributed by atoms with Crippen LogP contribution in [0.4, 0.5) is 0 Å². The Balaban J connectivity index is 2.38. The molecule has 0 saturated heterocycles. The number of aryl methyl sites for hydroxylation is 1. The first-order valence-electron chi connectivity index (χ1n) is 6.51. The molecule has 0 bridgehead atoms. The molecule has 2 aromatic rings. The van der Waals surface area contributed by atoms with Crippen LogP contribution < -0.4 is 9.47 Å². The average Bonchev–Trinajstić information content (AvgIpc) is 2.46. The molecular weight excluding hydrogens is 256 g/mol. The number of methoxy groups -OCH3 is 2. The van der Waals surface area contributed by atoms with E-state index >= 15 is 0 Å². The lowest BCUT2D eigenvalue weighted by molar-refractivity contribution is -0.137. The highest BCUT2D eigenvalue weighted by Crippen LogP contribution is 2.32. The third-order valence-electron chi connectivity index (χ3n) is 3.33. The number of carbonyl (C=O) groups is 1. The minimum absolute atomic E-state index is 0.184. The molecule has 0 aliphatic carbocycles. The molecule has 0 radical (unpaired) electrons. The zero-order valence-electron chi connectivity index (χ0n) is 11.7. The number of hydrogen-bond donors (Lipinski definition) is 1. The van der Waals surface area contributed by atoms with Crippen molar-refractivity contribution in [2.75, 3.05) is 14.2 Å². The molecule has 0 spiro atoms. The topological polar surface area (TPSA) is 55.8 Å². The van der Waals surface area contributed by atoms with Crippen LogP contribution in [0.25, 0.3) is 10.8 Å². The van der Waals surface area contributed by atoms with Crippen molar-refractivity contribution in [1.29, 1.82) is 0 Å².